The highest BCUT2D eigenvalue weighted by atomic mass is 32.2. The molecule has 0 radical (unpaired) electrons. The summed E-state index contributed by atoms with van der Waals surface area (Å²) >= 11 is 1.90. The van der Waals surface area contributed by atoms with E-state index in [1.54, 1.807) is 0 Å². The lowest BCUT2D eigenvalue weighted by molar-refractivity contribution is 0.731. The van der Waals surface area contributed by atoms with Gasteiger partial charge in [0.1, 0.15) is 0 Å². The largest absolute Gasteiger partial charge is 0.311 e. The molecule has 1 aliphatic carbocycles. The molecular weight excluding hydrogens is 683 g/mol. The molecule has 9 aromatic carbocycles. The Hall–Kier alpha value is -6.61. The fourth-order valence-electron chi connectivity index (χ4n) is 9.22. The van der Waals surface area contributed by atoms with Gasteiger partial charge in [0.2, 0.25) is 0 Å². The van der Waals surface area contributed by atoms with Crippen molar-refractivity contribution in [2.75, 3.05) is 4.90 Å². The number of rotatable bonds is 5. The number of hydrogen-bond donors (Lipinski definition) is 0. The van der Waals surface area contributed by atoms with E-state index in [9.17, 15) is 0 Å². The maximum absolute atomic E-state index is 2.39. The second-order valence-electron chi connectivity index (χ2n) is 14.4. The maximum atomic E-state index is 2.39. The van der Waals surface area contributed by atoms with E-state index < -0.39 is 5.41 Å². The van der Waals surface area contributed by atoms with Gasteiger partial charge >= 0.3 is 0 Å². The van der Waals surface area contributed by atoms with E-state index >= 15 is 0 Å². The lowest BCUT2D eigenvalue weighted by atomic mass is 9.66. The Morgan fingerprint density at radius 2 is 0.909 bits per heavy atom. The molecule has 1 aliphatic heterocycles. The highest BCUT2D eigenvalue weighted by molar-refractivity contribution is 7.99. The van der Waals surface area contributed by atoms with Gasteiger partial charge in [-0.05, 0) is 115 Å². The quantitative estimate of drug-likeness (QED) is 0.174. The van der Waals surface area contributed by atoms with E-state index in [-0.39, 0.29) is 0 Å². The van der Waals surface area contributed by atoms with Crippen LogP contribution in [0.25, 0.3) is 44.2 Å². The zero-order valence-electron chi connectivity index (χ0n) is 30.1. The van der Waals surface area contributed by atoms with Crippen molar-refractivity contribution >= 4 is 39.6 Å². The van der Waals surface area contributed by atoms with Crippen LogP contribution in [0.2, 0.25) is 0 Å². The summed E-state index contributed by atoms with van der Waals surface area (Å²) in [6.07, 6.45) is 0. The van der Waals surface area contributed by atoms with Crippen LogP contribution >= 0.6 is 11.8 Å². The van der Waals surface area contributed by atoms with Gasteiger partial charge in [-0.2, -0.15) is 0 Å². The van der Waals surface area contributed by atoms with Gasteiger partial charge in [-0.3, -0.25) is 0 Å². The molecular formula is C53H35NS. The molecule has 0 bridgehead atoms. The van der Waals surface area contributed by atoms with Crippen LogP contribution < -0.4 is 4.90 Å². The molecule has 1 nitrogen and oxygen atoms in total. The van der Waals surface area contributed by atoms with Crippen molar-refractivity contribution in [3.05, 3.63) is 235 Å². The second kappa shape index (κ2) is 12.8. The average Bonchev–Trinajstić information content (AvgIpc) is 3.55. The third-order valence-corrected chi connectivity index (χ3v) is 12.7. The van der Waals surface area contributed by atoms with Gasteiger partial charge in [0.05, 0.1) is 5.41 Å². The summed E-state index contributed by atoms with van der Waals surface area (Å²) < 4.78 is 0. The van der Waals surface area contributed by atoms with Gasteiger partial charge in [0.25, 0.3) is 0 Å². The fourth-order valence-corrected chi connectivity index (χ4v) is 10.4. The van der Waals surface area contributed by atoms with E-state index in [2.05, 4.69) is 217 Å². The first-order valence-corrected chi connectivity index (χ1v) is 19.7. The molecule has 0 saturated carbocycles. The predicted molar refractivity (Wildman–Crippen MR) is 231 cm³/mol. The first kappa shape index (κ1) is 31.9. The Kier molecular flexibility index (Phi) is 7.40. The normalized spacial score (nSPS) is 14.9. The second-order valence-corrected chi connectivity index (χ2v) is 15.5. The third-order valence-electron chi connectivity index (χ3n) is 11.5. The zero-order valence-corrected chi connectivity index (χ0v) is 30.9. The number of para-hydroxylation sites is 1. The summed E-state index contributed by atoms with van der Waals surface area (Å²) in [7, 11) is 0. The van der Waals surface area contributed by atoms with Crippen molar-refractivity contribution in [2.45, 2.75) is 15.2 Å². The van der Waals surface area contributed by atoms with E-state index in [0.717, 1.165) is 17.1 Å². The molecule has 9 aromatic rings. The summed E-state index contributed by atoms with van der Waals surface area (Å²) in [6, 6.07) is 78.0. The number of benzene rings is 9. The molecule has 258 valence electrons. The van der Waals surface area contributed by atoms with Crippen LogP contribution in [0, 0.1) is 0 Å². The summed E-state index contributed by atoms with van der Waals surface area (Å²) in [6.45, 7) is 0. The summed E-state index contributed by atoms with van der Waals surface area (Å²) in [5, 5.41) is 2.59. The number of nitrogens with zero attached hydrogens (tertiary/aromatic N) is 1. The molecule has 0 N–H and O–H groups in total. The fraction of sp³-hybridized carbons (Fsp3) is 0.0189. The predicted octanol–water partition coefficient (Wildman–Crippen LogP) is 14.5. The number of hydrogen-bond acceptors (Lipinski definition) is 2. The lowest BCUT2D eigenvalue weighted by Crippen LogP contribution is -2.32. The van der Waals surface area contributed by atoms with Crippen molar-refractivity contribution in [2.24, 2.45) is 0 Å². The van der Waals surface area contributed by atoms with Gasteiger partial charge in [0.15, 0.2) is 0 Å². The topological polar surface area (TPSA) is 3.24 Å². The van der Waals surface area contributed by atoms with Crippen molar-refractivity contribution in [1.82, 2.24) is 0 Å². The van der Waals surface area contributed by atoms with Crippen molar-refractivity contribution in [1.29, 1.82) is 0 Å². The Morgan fingerprint density at radius 1 is 0.345 bits per heavy atom. The monoisotopic (exact) mass is 717 g/mol. The molecule has 1 heterocycles. The first-order chi connectivity index (χ1) is 27.3. The van der Waals surface area contributed by atoms with Crippen LogP contribution in [0.4, 0.5) is 17.1 Å². The van der Waals surface area contributed by atoms with Crippen LogP contribution in [0.1, 0.15) is 22.3 Å². The molecule has 0 aromatic heterocycles. The Morgan fingerprint density at radius 3 is 1.69 bits per heavy atom. The molecule has 1 spiro atoms. The van der Waals surface area contributed by atoms with Crippen LogP contribution in [-0.4, -0.2) is 0 Å². The standard InChI is InChI=1S/C53H35NS/c1-3-14-36(15-4-1)37-26-31-41(32-27-37)54(40-17-5-2-6-18-40)42-33-28-39(29-34-42)43-21-13-24-48-51(43)45-20-9-10-22-46(45)53(48)47-23-11-12-25-49(47)55-50-35-30-38-16-7-8-19-44(38)52(50)53/h1-35H. The first-order valence-electron chi connectivity index (χ1n) is 18.9. The van der Waals surface area contributed by atoms with Gasteiger partial charge < -0.3 is 4.90 Å². The zero-order chi connectivity index (χ0) is 36.3. The van der Waals surface area contributed by atoms with Crippen LogP contribution in [0.15, 0.2) is 222 Å². The minimum Gasteiger partial charge on any atom is -0.311 e. The summed E-state index contributed by atoms with van der Waals surface area (Å²) in [5.74, 6) is 0. The van der Waals surface area contributed by atoms with E-state index in [4.69, 9.17) is 0 Å². The van der Waals surface area contributed by atoms with Gasteiger partial charge in [0, 0.05) is 26.9 Å². The minimum absolute atomic E-state index is 0.448. The average molecular weight is 718 g/mol. The van der Waals surface area contributed by atoms with Gasteiger partial charge in [-0.1, -0.05) is 176 Å². The number of anilines is 3. The van der Waals surface area contributed by atoms with E-state index in [1.807, 2.05) is 11.8 Å². The molecule has 2 heteroatoms. The molecule has 0 fully saturated rings. The Balaban J connectivity index is 1.08. The lowest BCUT2D eigenvalue weighted by Gasteiger charge is -2.40. The number of fused-ring (bicyclic) bond motifs is 11. The molecule has 0 saturated heterocycles. The molecule has 1 unspecified atom stereocenters. The van der Waals surface area contributed by atoms with Crippen LogP contribution in [-0.2, 0) is 5.41 Å². The van der Waals surface area contributed by atoms with Gasteiger partial charge in [-0.15, -0.1) is 0 Å². The van der Waals surface area contributed by atoms with Crippen molar-refractivity contribution in [3.63, 3.8) is 0 Å². The van der Waals surface area contributed by atoms with E-state index in [1.165, 1.54) is 76.2 Å². The maximum Gasteiger partial charge on any atom is 0.0741 e. The molecule has 11 rings (SSSR count). The smallest absolute Gasteiger partial charge is 0.0741 e. The summed E-state index contributed by atoms with van der Waals surface area (Å²) in [5.41, 5.74) is 15.9. The van der Waals surface area contributed by atoms with Crippen molar-refractivity contribution < 1.29 is 0 Å². The summed E-state index contributed by atoms with van der Waals surface area (Å²) in [4.78, 5) is 4.99. The Bertz CT molecular complexity index is 2880. The molecule has 2 aliphatic rings. The third kappa shape index (κ3) is 4.88. The van der Waals surface area contributed by atoms with E-state index in [0.29, 0.717) is 0 Å². The highest BCUT2D eigenvalue weighted by Gasteiger charge is 2.51. The molecule has 55 heavy (non-hydrogen) atoms. The molecule has 1 atom stereocenters. The Labute approximate surface area is 326 Å². The molecule has 0 amide bonds. The SMILES string of the molecule is c1ccc(-c2ccc(N(c3ccccc3)c3ccc(-c4cccc5c4-c4ccccc4C54c5ccccc5Sc5ccc6ccccc6c54)cc3)cc2)cc1. The van der Waals surface area contributed by atoms with Crippen LogP contribution in [0.3, 0.4) is 0 Å². The minimum atomic E-state index is -0.448. The van der Waals surface area contributed by atoms with Crippen LogP contribution in [0.5, 0.6) is 0 Å². The highest BCUT2D eigenvalue weighted by Crippen LogP contribution is 2.64. The van der Waals surface area contributed by atoms with Crippen molar-refractivity contribution in [3.8, 4) is 33.4 Å². The van der Waals surface area contributed by atoms with Gasteiger partial charge in [-0.25, -0.2) is 0 Å².